The van der Waals surface area contributed by atoms with E-state index in [1.807, 2.05) is 26.0 Å². The maximum absolute atomic E-state index is 14.5. The molecule has 2 aromatic rings. The van der Waals surface area contributed by atoms with Crippen LogP contribution in [0.15, 0.2) is 36.4 Å². The van der Waals surface area contributed by atoms with E-state index in [1.165, 1.54) is 6.92 Å². The monoisotopic (exact) mass is 644 g/mol. The van der Waals surface area contributed by atoms with Crippen LogP contribution in [0.4, 0.5) is 5.69 Å². The molecule has 0 N–H and O–H groups in total. The second kappa shape index (κ2) is 13.9. The molecule has 3 atom stereocenters. The van der Waals surface area contributed by atoms with Crippen LogP contribution in [0.3, 0.4) is 0 Å². The maximum Gasteiger partial charge on any atom is 0.302 e. The molecular weight excluding hydrogens is 600 g/mol. The number of amides is 1. The number of benzene rings is 2. The normalized spacial score (nSPS) is 18.1. The predicted molar refractivity (Wildman–Crippen MR) is 173 cm³/mol. The number of hydrogen-bond acceptors (Lipinski definition) is 8. The fraction of sp³-hybridized carbons (Fsp3) is 0.545. The van der Waals surface area contributed by atoms with Crippen molar-refractivity contribution in [3.8, 4) is 17.6 Å². The van der Waals surface area contributed by atoms with Crippen LogP contribution in [0.5, 0.6) is 11.5 Å². The third-order valence-electron chi connectivity index (χ3n) is 8.19. The second-order valence-electron chi connectivity index (χ2n) is 13.4. The number of esters is 1. The average Bonchev–Trinajstić information content (AvgIpc) is 3.04. The number of carbonyl (C=O) groups is 2. The van der Waals surface area contributed by atoms with Crippen molar-refractivity contribution >= 4 is 37.5 Å². The molecule has 0 radical (unpaired) electrons. The molecule has 0 saturated carbocycles. The fourth-order valence-electron chi connectivity index (χ4n) is 4.87. The first-order valence-electron chi connectivity index (χ1n) is 14.6. The van der Waals surface area contributed by atoms with Gasteiger partial charge in [-0.3, -0.25) is 9.59 Å². The number of hydrogen-bond donors (Lipinski definition) is 0. The minimum atomic E-state index is -2.37. The largest absolute Gasteiger partial charge is 0.493 e. The lowest BCUT2D eigenvalue weighted by molar-refractivity contribution is -0.143. The molecule has 44 heavy (non-hydrogen) atoms. The van der Waals surface area contributed by atoms with Crippen molar-refractivity contribution in [1.82, 2.24) is 0 Å². The van der Waals surface area contributed by atoms with Gasteiger partial charge in [-0.05, 0) is 42.4 Å². The van der Waals surface area contributed by atoms with Crippen molar-refractivity contribution in [3.63, 3.8) is 0 Å². The van der Waals surface area contributed by atoms with Crippen LogP contribution >= 0.6 is 11.6 Å². The molecule has 1 unspecified atom stereocenters. The Balaban J connectivity index is 2.21. The van der Waals surface area contributed by atoms with E-state index >= 15 is 0 Å². The van der Waals surface area contributed by atoms with Crippen molar-refractivity contribution in [2.24, 2.45) is 5.41 Å². The summed E-state index contributed by atoms with van der Waals surface area (Å²) in [6.07, 6.45) is -2.76. The smallest absolute Gasteiger partial charge is 0.302 e. The Morgan fingerprint density at radius 2 is 1.80 bits per heavy atom. The Kier molecular flexibility index (Phi) is 11.2. The number of ether oxygens (including phenoxy) is 4. The van der Waals surface area contributed by atoms with E-state index in [2.05, 4.69) is 39.9 Å². The van der Waals surface area contributed by atoms with E-state index in [-0.39, 0.29) is 30.5 Å². The Labute approximate surface area is 267 Å². The number of rotatable bonds is 11. The zero-order chi connectivity index (χ0) is 33.0. The predicted octanol–water partition coefficient (Wildman–Crippen LogP) is 7.07. The first kappa shape index (κ1) is 35.4. The van der Waals surface area contributed by atoms with Gasteiger partial charge in [-0.2, -0.15) is 5.26 Å². The summed E-state index contributed by atoms with van der Waals surface area (Å²) in [6, 6.07) is 13.0. The molecule has 9 nitrogen and oxygen atoms in total. The topological polar surface area (TPSA) is 107 Å². The number of fused-ring (bicyclic) bond motifs is 1. The SMILES string of the molecule is COc1cccc([C@H]2O[C@H](CC(C#N)O[Si](C)(C)C(C)(C)C)C(=O)N(CC(C)(C)COC(C)=O)c3ccc(Cl)cc32)c1OC. The summed E-state index contributed by atoms with van der Waals surface area (Å²) < 4.78 is 29.9. The van der Waals surface area contributed by atoms with E-state index < -0.39 is 38.0 Å². The van der Waals surface area contributed by atoms with Crippen LogP contribution in [-0.2, 0) is 23.5 Å². The lowest BCUT2D eigenvalue weighted by Gasteiger charge is -2.38. The number of carbonyl (C=O) groups excluding carboxylic acids is 2. The minimum Gasteiger partial charge on any atom is -0.493 e. The van der Waals surface area contributed by atoms with Gasteiger partial charge in [-0.25, -0.2) is 0 Å². The molecule has 0 aliphatic carbocycles. The lowest BCUT2D eigenvalue weighted by Crippen LogP contribution is -2.48. The summed E-state index contributed by atoms with van der Waals surface area (Å²) in [4.78, 5) is 27.8. The van der Waals surface area contributed by atoms with Gasteiger partial charge in [0.25, 0.3) is 5.91 Å². The molecule has 2 aromatic carbocycles. The Bertz CT molecular complexity index is 1400. The Morgan fingerprint density at radius 1 is 1.11 bits per heavy atom. The van der Waals surface area contributed by atoms with Gasteiger partial charge in [0.15, 0.2) is 19.8 Å². The first-order valence-corrected chi connectivity index (χ1v) is 17.9. The highest BCUT2D eigenvalue weighted by Gasteiger charge is 2.44. The minimum absolute atomic E-state index is 0.00717. The highest BCUT2D eigenvalue weighted by Crippen LogP contribution is 2.46. The van der Waals surface area contributed by atoms with Crippen LogP contribution < -0.4 is 14.4 Å². The molecule has 1 amide bonds. The van der Waals surface area contributed by atoms with Crippen LogP contribution in [0.25, 0.3) is 0 Å². The summed E-state index contributed by atoms with van der Waals surface area (Å²) in [7, 11) is 0.726. The van der Waals surface area contributed by atoms with Gasteiger partial charge in [0.1, 0.15) is 18.3 Å². The van der Waals surface area contributed by atoms with Crippen molar-refractivity contribution in [3.05, 3.63) is 52.5 Å². The molecule has 0 bridgehead atoms. The highest BCUT2D eigenvalue weighted by atomic mass is 35.5. The van der Waals surface area contributed by atoms with Gasteiger partial charge in [-0.1, -0.05) is 58.4 Å². The van der Waals surface area contributed by atoms with E-state index in [0.717, 1.165) is 0 Å². The van der Waals surface area contributed by atoms with Crippen molar-refractivity contribution < 1.29 is 33.0 Å². The van der Waals surface area contributed by atoms with E-state index in [0.29, 0.717) is 33.3 Å². The molecule has 0 spiro atoms. The third kappa shape index (κ3) is 8.13. The summed E-state index contributed by atoms with van der Waals surface area (Å²) in [5.74, 6) is 0.210. The molecule has 240 valence electrons. The molecule has 11 heteroatoms. The van der Waals surface area contributed by atoms with Gasteiger partial charge < -0.3 is 28.3 Å². The van der Waals surface area contributed by atoms with Crippen molar-refractivity contribution in [2.75, 3.05) is 32.3 Å². The first-order chi connectivity index (χ1) is 20.4. The number of nitrogens with zero attached hydrogens (tertiary/aromatic N) is 2. The van der Waals surface area contributed by atoms with Gasteiger partial charge in [0.05, 0.1) is 26.9 Å². The third-order valence-corrected chi connectivity index (χ3v) is 12.9. The quantitative estimate of drug-likeness (QED) is 0.189. The molecule has 1 aliphatic rings. The molecule has 1 heterocycles. The molecule has 1 aliphatic heterocycles. The fourth-order valence-corrected chi connectivity index (χ4v) is 6.27. The Hall–Kier alpha value is -3.10. The van der Waals surface area contributed by atoms with E-state index in [9.17, 15) is 14.9 Å². The number of halogens is 1. The van der Waals surface area contributed by atoms with Crippen LogP contribution in [0.2, 0.25) is 23.2 Å². The van der Waals surface area contributed by atoms with Crippen LogP contribution in [-0.4, -0.2) is 59.8 Å². The van der Waals surface area contributed by atoms with Crippen LogP contribution in [0, 0.1) is 16.7 Å². The number of para-hydroxylation sites is 1. The van der Waals surface area contributed by atoms with Crippen LogP contribution in [0.1, 0.15) is 65.2 Å². The number of anilines is 1. The summed E-state index contributed by atoms with van der Waals surface area (Å²) in [5, 5.41) is 10.5. The lowest BCUT2D eigenvalue weighted by atomic mass is 9.92. The molecular formula is C33H45ClN2O7Si. The molecule has 0 saturated heterocycles. The summed E-state index contributed by atoms with van der Waals surface area (Å²) >= 11 is 6.54. The van der Waals surface area contributed by atoms with Crippen molar-refractivity contribution in [1.29, 1.82) is 5.26 Å². The van der Waals surface area contributed by atoms with Crippen molar-refractivity contribution in [2.45, 2.75) is 84.4 Å². The zero-order valence-corrected chi connectivity index (χ0v) is 29.2. The number of nitriles is 1. The zero-order valence-electron chi connectivity index (χ0n) is 27.4. The standard InChI is InChI=1S/C33H45ClN2O7Si/c1-21(37)41-20-33(5,6)19-36-26-15-14-22(34)16-25(26)29(24-12-11-13-27(39-7)30(24)40-8)42-28(31(36)38)17-23(18-35)43-44(9,10)32(2,3)4/h11-16,23,28-29H,17,19-20H2,1-10H3/t23?,28-,29-/m1/s1. The van der Waals surface area contributed by atoms with E-state index in [1.54, 1.807) is 43.4 Å². The van der Waals surface area contributed by atoms with Gasteiger partial charge in [-0.15, -0.1) is 0 Å². The van der Waals surface area contributed by atoms with Gasteiger partial charge >= 0.3 is 5.97 Å². The Morgan fingerprint density at radius 3 is 2.36 bits per heavy atom. The molecule has 0 fully saturated rings. The summed E-state index contributed by atoms with van der Waals surface area (Å²) in [6.45, 7) is 15.9. The maximum atomic E-state index is 14.5. The average molecular weight is 645 g/mol. The highest BCUT2D eigenvalue weighted by molar-refractivity contribution is 6.74. The van der Waals surface area contributed by atoms with Gasteiger partial charge in [0.2, 0.25) is 0 Å². The van der Waals surface area contributed by atoms with Gasteiger partial charge in [0, 0.05) is 47.1 Å². The number of methoxy groups -OCH3 is 2. The molecule has 3 rings (SSSR count). The van der Waals surface area contributed by atoms with E-state index in [4.69, 9.17) is 35.0 Å². The molecule has 0 aromatic heterocycles. The second-order valence-corrected chi connectivity index (χ2v) is 18.6. The summed E-state index contributed by atoms with van der Waals surface area (Å²) in [5.41, 5.74) is 1.24.